The number of aromatic nitrogens is 1. The van der Waals surface area contributed by atoms with Crippen molar-refractivity contribution in [1.82, 2.24) is 15.2 Å². The Morgan fingerprint density at radius 2 is 1.82 bits per heavy atom. The maximum absolute atomic E-state index is 12.4. The number of rotatable bonds is 8. The van der Waals surface area contributed by atoms with Gasteiger partial charge in [0.05, 0.1) is 36.1 Å². The first kappa shape index (κ1) is 24.1. The SMILES string of the molecule is Cc1occc1C(=O)Nc1nc(CC(=O)NCc2ccc(CN3CC(C)OC(C)C3)cc2)cs1. The fraction of sp³-hybridized carbons (Fsp3) is 0.400. The highest BCUT2D eigenvalue weighted by Crippen LogP contribution is 2.19. The van der Waals surface area contributed by atoms with Crippen molar-refractivity contribution in [3.05, 3.63) is 70.1 Å². The Bertz CT molecular complexity index is 1110. The Labute approximate surface area is 203 Å². The van der Waals surface area contributed by atoms with Crippen LogP contribution in [0.25, 0.3) is 0 Å². The Balaban J connectivity index is 1.22. The van der Waals surface area contributed by atoms with Gasteiger partial charge in [0, 0.05) is 31.6 Å². The van der Waals surface area contributed by atoms with Crippen molar-refractivity contribution in [1.29, 1.82) is 0 Å². The van der Waals surface area contributed by atoms with Crippen molar-refractivity contribution in [3.8, 4) is 0 Å². The minimum atomic E-state index is -0.280. The average molecular weight is 483 g/mol. The molecule has 2 N–H and O–H groups in total. The molecule has 0 radical (unpaired) electrons. The largest absolute Gasteiger partial charge is 0.469 e. The molecule has 1 fully saturated rings. The number of ether oxygens (including phenoxy) is 1. The topological polar surface area (TPSA) is 96.7 Å². The van der Waals surface area contributed by atoms with E-state index in [0.717, 1.165) is 25.2 Å². The number of thiazole rings is 1. The second-order valence-electron chi connectivity index (χ2n) is 8.71. The van der Waals surface area contributed by atoms with E-state index in [2.05, 4.69) is 58.6 Å². The van der Waals surface area contributed by atoms with Gasteiger partial charge in [-0.1, -0.05) is 24.3 Å². The molecule has 8 nitrogen and oxygen atoms in total. The van der Waals surface area contributed by atoms with Gasteiger partial charge in [0.25, 0.3) is 5.91 Å². The Morgan fingerprint density at radius 3 is 2.50 bits per heavy atom. The van der Waals surface area contributed by atoms with E-state index in [-0.39, 0.29) is 30.4 Å². The Hall–Kier alpha value is -3.01. The summed E-state index contributed by atoms with van der Waals surface area (Å²) in [6.45, 7) is 9.18. The summed E-state index contributed by atoms with van der Waals surface area (Å²) in [6, 6.07) is 9.95. The lowest BCUT2D eigenvalue weighted by Crippen LogP contribution is -2.44. The molecule has 1 aliphatic rings. The molecule has 3 heterocycles. The first-order valence-electron chi connectivity index (χ1n) is 11.4. The summed E-state index contributed by atoms with van der Waals surface area (Å²) in [5.41, 5.74) is 3.38. The predicted octanol–water partition coefficient (Wildman–Crippen LogP) is 3.76. The first-order valence-corrected chi connectivity index (χ1v) is 12.3. The van der Waals surface area contributed by atoms with Gasteiger partial charge < -0.3 is 14.5 Å². The molecular weight excluding hydrogens is 452 g/mol. The van der Waals surface area contributed by atoms with Crippen molar-refractivity contribution in [2.75, 3.05) is 18.4 Å². The van der Waals surface area contributed by atoms with Crippen molar-refractivity contribution in [3.63, 3.8) is 0 Å². The minimum absolute atomic E-state index is 0.116. The number of anilines is 1. The van der Waals surface area contributed by atoms with Crippen molar-refractivity contribution < 1.29 is 18.7 Å². The molecule has 3 aromatic rings. The molecular formula is C25H30N4O4S. The third-order valence-electron chi connectivity index (χ3n) is 5.63. The summed E-state index contributed by atoms with van der Waals surface area (Å²) < 4.78 is 11.0. The number of carbonyl (C=O) groups excluding carboxylic acids is 2. The number of hydrogen-bond donors (Lipinski definition) is 2. The fourth-order valence-electron chi connectivity index (χ4n) is 4.09. The van der Waals surface area contributed by atoms with E-state index in [9.17, 15) is 9.59 Å². The predicted molar refractivity (Wildman–Crippen MR) is 131 cm³/mol. The van der Waals surface area contributed by atoms with E-state index in [1.807, 2.05) is 0 Å². The number of aryl methyl sites for hydroxylation is 1. The highest BCUT2D eigenvalue weighted by Gasteiger charge is 2.22. The summed E-state index contributed by atoms with van der Waals surface area (Å²) in [7, 11) is 0. The monoisotopic (exact) mass is 482 g/mol. The molecule has 0 bridgehead atoms. The van der Waals surface area contributed by atoms with E-state index in [1.165, 1.54) is 23.2 Å². The van der Waals surface area contributed by atoms with Crippen LogP contribution in [0, 0.1) is 6.92 Å². The number of furan rings is 1. The molecule has 2 aromatic heterocycles. The van der Waals surface area contributed by atoms with Crippen LogP contribution in [0.2, 0.25) is 0 Å². The number of morpholine rings is 1. The lowest BCUT2D eigenvalue weighted by Gasteiger charge is -2.35. The zero-order chi connectivity index (χ0) is 24.1. The Morgan fingerprint density at radius 1 is 1.12 bits per heavy atom. The van der Waals surface area contributed by atoms with Gasteiger partial charge in [-0.25, -0.2) is 4.98 Å². The molecule has 2 atom stereocenters. The lowest BCUT2D eigenvalue weighted by atomic mass is 10.1. The first-order chi connectivity index (χ1) is 16.4. The smallest absolute Gasteiger partial charge is 0.260 e. The molecule has 180 valence electrons. The van der Waals surface area contributed by atoms with Crippen LogP contribution in [0.3, 0.4) is 0 Å². The van der Waals surface area contributed by atoms with Gasteiger partial charge in [0.15, 0.2) is 5.13 Å². The summed E-state index contributed by atoms with van der Waals surface area (Å²) in [6.07, 6.45) is 2.14. The molecule has 9 heteroatoms. The van der Waals surface area contributed by atoms with Crippen LogP contribution in [0.5, 0.6) is 0 Å². The third kappa shape index (κ3) is 6.53. The van der Waals surface area contributed by atoms with Gasteiger partial charge in [-0.2, -0.15) is 0 Å². The number of nitrogens with zero attached hydrogens (tertiary/aromatic N) is 2. The summed E-state index contributed by atoms with van der Waals surface area (Å²) in [5, 5.41) is 7.91. The molecule has 2 amide bonds. The number of carbonyl (C=O) groups is 2. The van der Waals surface area contributed by atoms with Crippen LogP contribution in [0.4, 0.5) is 5.13 Å². The van der Waals surface area contributed by atoms with Gasteiger partial charge in [-0.3, -0.25) is 19.8 Å². The fourth-order valence-corrected chi connectivity index (χ4v) is 4.80. The van der Waals surface area contributed by atoms with E-state index in [4.69, 9.17) is 9.15 Å². The summed E-state index contributed by atoms with van der Waals surface area (Å²) in [4.78, 5) is 31.4. The number of benzene rings is 1. The Kier molecular flexibility index (Phi) is 7.77. The maximum Gasteiger partial charge on any atom is 0.260 e. The molecule has 0 saturated carbocycles. The molecule has 4 rings (SSSR count). The maximum atomic E-state index is 12.4. The highest BCUT2D eigenvalue weighted by atomic mass is 32.1. The van der Waals surface area contributed by atoms with Gasteiger partial charge in [0.1, 0.15) is 5.76 Å². The number of amides is 2. The van der Waals surface area contributed by atoms with E-state index in [0.29, 0.717) is 28.7 Å². The van der Waals surface area contributed by atoms with Crippen molar-refractivity contribution >= 4 is 28.3 Å². The second kappa shape index (κ2) is 10.9. The van der Waals surface area contributed by atoms with E-state index in [1.54, 1.807) is 18.4 Å². The van der Waals surface area contributed by atoms with Crippen LogP contribution in [0.1, 0.15) is 46.8 Å². The summed E-state index contributed by atoms with van der Waals surface area (Å²) >= 11 is 1.29. The van der Waals surface area contributed by atoms with Crippen molar-refractivity contribution in [2.24, 2.45) is 0 Å². The minimum Gasteiger partial charge on any atom is -0.469 e. The average Bonchev–Trinajstić information content (AvgIpc) is 3.41. The normalized spacial score (nSPS) is 18.6. The number of nitrogens with one attached hydrogen (secondary N) is 2. The van der Waals surface area contributed by atoms with Gasteiger partial charge in [-0.15, -0.1) is 11.3 Å². The molecule has 0 spiro atoms. The highest BCUT2D eigenvalue weighted by molar-refractivity contribution is 7.14. The molecule has 2 unspecified atom stereocenters. The van der Waals surface area contributed by atoms with E-state index >= 15 is 0 Å². The van der Waals surface area contributed by atoms with Gasteiger partial charge >= 0.3 is 0 Å². The van der Waals surface area contributed by atoms with E-state index < -0.39 is 0 Å². The standard InChI is InChI=1S/C25H30N4O4S/c1-16-12-29(13-17(2)33-16)14-20-6-4-19(5-7-20)11-26-23(30)10-21-15-34-25(27-21)28-24(31)22-8-9-32-18(22)3/h4-9,15-17H,10-14H2,1-3H3,(H,26,30)(H,27,28,31). The van der Waals surface area contributed by atoms with Crippen LogP contribution in [-0.2, 0) is 29.0 Å². The van der Waals surface area contributed by atoms with Crippen LogP contribution in [-0.4, -0.2) is 47.0 Å². The van der Waals surface area contributed by atoms with Crippen LogP contribution >= 0.6 is 11.3 Å². The molecule has 34 heavy (non-hydrogen) atoms. The summed E-state index contributed by atoms with van der Waals surface area (Å²) in [5.74, 6) is 0.152. The zero-order valence-corrected chi connectivity index (χ0v) is 20.5. The zero-order valence-electron chi connectivity index (χ0n) is 19.7. The van der Waals surface area contributed by atoms with Crippen LogP contribution < -0.4 is 10.6 Å². The molecule has 1 aliphatic heterocycles. The number of hydrogen-bond acceptors (Lipinski definition) is 7. The van der Waals surface area contributed by atoms with Crippen LogP contribution in [0.15, 0.2) is 46.4 Å². The van der Waals surface area contributed by atoms with Gasteiger partial charge in [-0.05, 0) is 38.0 Å². The van der Waals surface area contributed by atoms with Crippen molar-refractivity contribution in [2.45, 2.75) is 52.5 Å². The molecule has 0 aliphatic carbocycles. The third-order valence-corrected chi connectivity index (χ3v) is 6.44. The van der Waals surface area contributed by atoms with Gasteiger partial charge in [0.2, 0.25) is 5.91 Å². The molecule has 1 saturated heterocycles. The molecule has 1 aromatic carbocycles. The lowest BCUT2D eigenvalue weighted by molar-refractivity contribution is -0.120. The quantitative estimate of drug-likeness (QED) is 0.507. The second-order valence-corrected chi connectivity index (χ2v) is 9.57.